The zero-order chi connectivity index (χ0) is 14.2. The van der Waals surface area contributed by atoms with E-state index in [9.17, 15) is 4.79 Å². The Morgan fingerprint density at radius 3 is 3.25 bits per heavy atom. The minimum absolute atomic E-state index is 0.173. The number of nitrogens with one attached hydrogen (secondary N) is 1. The van der Waals surface area contributed by atoms with Crippen LogP contribution >= 0.6 is 0 Å². The van der Waals surface area contributed by atoms with Crippen molar-refractivity contribution < 1.29 is 14.6 Å². The predicted molar refractivity (Wildman–Crippen MR) is 74.1 cm³/mol. The number of aromatic nitrogens is 1. The quantitative estimate of drug-likeness (QED) is 0.794. The van der Waals surface area contributed by atoms with Crippen molar-refractivity contribution >= 4 is 5.91 Å². The Kier molecular flexibility index (Phi) is 5.54. The van der Waals surface area contributed by atoms with E-state index in [1.54, 1.807) is 12.3 Å². The van der Waals surface area contributed by atoms with Crippen molar-refractivity contribution in [3.8, 4) is 11.8 Å². The van der Waals surface area contributed by atoms with Crippen molar-refractivity contribution in [3.05, 3.63) is 29.6 Å². The van der Waals surface area contributed by atoms with Crippen LogP contribution in [0.25, 0.3) is 0 Å². The molecule has 2 rings (SSSR count). The third-order valence-electron chi connectivity index (χ3n) is 3.14. The van der Waals surface area contributed by atoms with Crippen LogP contribution in [0.4, 0.5) is 0 Å². The number of ether oxygens (including phenoxy) is 1. The average molecular weight is 274 g/mol. The summed E-state index contributed by atoms with van der Waals surface area (Å²) in [4.78, 5) is 16.0. The second-order valence-electron chi connectivity index (χ2n) is 4.56. The molecule has 0 bridgehead atoms. The first kappa shape index (κ1) is 14.5. The van der Waals surface area contributed by atoms with E-state index in [0.29, 0.717) is 17.7 Å². The maximum Gasteiger partial charge on any atom is 0.252 e. The number of carbonyl (C=O) groups excluding carboxylic acids is 1. The first-order valence-corrected chi connectivity index (χ1v) is 6.75. The number of amides is 1. The number of carbonyl (C=O) groups is 1. The molecular weight excluding hydrogens is 256 g/mol. The number of nitrogens with zero attached hydrogens (tertiary/aromatic N) is 1. The van der Waals surface area contributed by atoms with Crippen molar-refractivity contribution in [1.29, 1.82) is 0 Å². The third kappa shape index (κ3) is 4.05. The van der Waals surface area contributed by atoms with E-state index in [1.807, 2.05) is 0 Å². The van der Waals surface area contributed by atoms with Gasteiger partial charge < -0.3 is 15.2 Å². The molecule has 0 spiro atoms. The first-order chi connectivity index (χ1) is 9.81. The lowest BCUT2D eigenvalue weighted by atomic mass is 10.1. The van der Waals surface area contributed by atoms with Crippen molar-refractivity contribution in [2.45, 2.75) is 25.4 Å². The Balaban J connectivity index is 1.91. The molecule has 20 heavy (non-hydrogen) atoms. The standard InChI is InChI=1S/C15H18N2O3/c18-9-1-3-12-11-16-7-6-14(12)15(19)17-8-5-13-4-2-10-20-13/h6-7,11,13,18H,2,4-5,8-10H2,(H,17,19). The Bertz CT molecular complexity index is 513. The van der Waals surface area contributed by atoms with Gasteiger partial charge in [-0.2, -0.15) is 0 Å². The van der Waals surface area contributed by atoms with Gasteiger partial charge in [-0.1, -0.05) is 11.8 Å². The van der Waals surface area contributed by atoms with Gasteiger partial charge in [0.15, 0.2) is 0 Å². The summed E-state index contributed by atoms with van der Waals surface area (Å²) in [6, 6.07) is 1.63. The maximum absolute atomic E-state index is 12.1. The van der Waals surface area contributed by atoms with Gasteiger partial charge in [-0.05, 0) is 25.3 Å². The van der Waals surface area contributed by atoms with Gasteiger partial charge in [0.05, 0.1) is 17.2 Å². The molecular formula is C15H18N2O3. The average Bonchev–Trinajstić information content (AvgIpc) is 2.98. The topological polar surface area (TPSA) is 71.5 Å². The van der Waals surface area contributed by atoms with Gasteiger partial charge >= 0.3 is 0 Å². The van der Waals surface area contributed by atoms with Crippen molar-refractivity contribution in [1.82, 2.24) is 10.3 Å². The van der Waals surface area contributed by atoms with Gasteiger partial charge in [-0.25, -0.2) is 0 Å². The zero-order valence-electron chi connectivity index (χ0n) is 11.3. The van der Waals surface area contributed by atoms with Crippen molar-refractivity contribution in [2.75, 3.05) is 19.8 Å². The van der Waals surface area contributed by atoms with E-state index >= 15 is 0 Å². The molecule has 0 aromatic carbocycles. The van der Waals surface area contributed by atoms with E-state index in [0.717, 1.165) is 25.9 Å². The lowest BCUT2D eigenvalue weighted by molar-refractivity contribution is 0.0907. The number of hydrogen-bond donors (Lipinski definition) is 2. The molecule has 0 saturated carbocycles. The largest absolute Gasteiger partial charge is 0.384 e. The van der Waals surface area contributed by atoms with Gasteiger partial charge in [0.1, 0.15) is 6.61 Å². The molecule has 2 heterocycles. The minimum Gasteiger partial charge on any atom is -0.384 e. The van der Waals surface area contributed by atoms with Crippen LogP contribution in [0.2, 0.25) is 0 Å². The van der Waals surface area contributed by atoms with Gasteiger partial charge in [0.2, 0.25) is 0 Å². The Labute approximate surface area is 118 Å². The third-order valence-corrected chi connectivity index (χ3v) is 3.14. The molecule has 1 aromatic heterocycles. The summed E-state index contributed by atoms with van der Waals surface area (Å²) >= 11 is 0. The van der Waals surface area contributed by atoms with Gasteiger partial charge in [-0.15, -0.1) is 0 Å². The van der Waals surface area contributed by atoms with Crippen LogP contribution in [-0.4, -0.2) is 41.9 Å². The first-order valence-electron chi connectivity index (χ1n) is 6.75. The predicted octanol–water partition coefficient (Wildman–Crippen LogP) is 0.724. The molecule has 1 fully saturated rings. The van der Waals surface area contributed by atoms with Gasteiger partial charge in [0, 0.05) is 25.5 Å². The number of rotatable bonds is 4. The lowest BCUT2D eigenvalue weighted by Crippen LogP contribution is -2.27. The highest BCUT2D eigenvalue weighted by Crippen LogP contribution is 2.14. The normalized spacial score (nSPS) is 17.4. The minimum atomic E-state index is -0.241. The number of aliphatic hydroxyl groups excluding tert-OH is 1. The van der Waals surface area contributed by atoms with E-state index < -0.39 is 0 Å². The summed E-state index contributed by atoms with van der Waals surface area (Å²) in [5.41, 5.74) is 1.00. The molecule has 2 N–H and O–H groups in total. The smallest absolute Gasteiger partial charge is 0.252 e. The fraction of sp³-hybridized carbons (Fsp3) is 0.467. The van der Waals surface area contributed by atoms with Crippen LogP contribution in [-0.2, 0) is 4.74 Å². The highest BCUT2D eigenvalue weighted by atomic mass is 16.5. The van der Waals surface area contributed by atoms with Crippen molar-refractivity contribution in [3.63, 3.8) is 0 Å². The SMILES string of the molecule is O=C(NCCC1CCCO1)c1ccncc1C#CCO. The van der Waals surface area contributed by atoms with Gasteiger partial charge in [-0.3, -0.25) is 9.78 Å². The van der Waals surface area contributed by atoms with Crippen molar-refractivity contribution in [2.24, 2.45) is 0 Å². The molecule has 0 radical (unpaired) electrons. The summed E-state index contributed by atoms with van der Waals surface area (Å²) in [6.07, 6.45) is 6.34. The Morgan fingerprint density at radius 1 is 1.60 bits per heavy atom. The van der Waals surface area contributed by atoms with E-state index in [-0.39, 0.29) is 18.6 Å². The van der Waals surface area contributed by atoms with Crippen LogP contribution in [0, 0.1) is 11.8 Å². The zero-order valence-corrected chi connectivity index (χ0v) is 11.3. The van der Waals surface area contributed by atoms with Crippen LogP contribution in [0.5, 0.6) is 0 Å². The Morgan fingerprint density at radius 2 is 2.50 bits per heavy atom. The molecule has 1 unspecified atom stereocenters. The number of pyridine rings is 1. The van der Waals surface area contributed by atoms with E-state index in [2.05, 4.69) is 22.1 Å². The highest BCUT2D eigenvalue weighted by molar-refractivity contribution is 5.96. The molecule has 1 atom stereocenters. The second kappa shape index (κ2) is 7.63. The summed E-state index contributed by atoms with van der Waals surface area (Å²) in [6.45, 7) is 1.16. The van der Waals surface area contributed by atoms with Crippen LogP contribution in [0.3, 0.4) is 0 Å². The Hall–Kier alpha value is -1.90. The highest BCUT2D eigenvalue weighted by Gasteiger charge is 2.16. The molecule has 1 aliphatic rings. The molecule has 1 aliphatic heterocycles. The molecule has 1 aromatic rings. The van der Waals surface area contributed by atoms with Crippen LogP contribution in [0.1, 0.15) is 35.2 Å². The molecule has 0 aliphatic carbocycles. The maximum atomic E-state index is 12.1. The van der Waals surface area contributed by atoms with Crippen LogP contribution < -0.4 is 5.32 Å². The summed E-state index contributed by atoms with van der Waals surface area (Å²) in [5.74, 6) is 5.08. The van der Waals surface area contributed by atoms with Gasteiger partial charge in [0.25, 0.3) is 5.91 Å². The fourth-order valence-corrected chi connectivity index (χ4v) is 2.14. The van der Waals surface area contributed by atoms with E-state index in [1.165, 1.54) is 6.20 Å². The second-order valence-corrected chi connectivity index (χ2v) is 4.56. The number of aliphatic hydroxyl groups is 1. The van der Waals surface area contributed by atoms with Crippen LogP contribution in [0.15, 0.2) is 18.5 Å². The molecule has 5 nitrogen and oxygen atoms in total. The number of hydrogen-bond acceptors (Lipinski definition) is 4. The lowest BCUT2D eigenvalue weighted by Gasteiger charge is -2.10. The molecule has 1 amide bonds. The van der Waals surface area contributed by atoms with E-state index in [4.69, 9.17) is 9.84 Å². The summed E-state index contributed by atoms with van der Waals surface area (Å²) < 4.78 is 5.51. The summed E-state index contributed by atoms with van der Waals surface area (Å²) in [5, 5.41) is 11.6. The monoisotopic (exact) mass is 274 g/mol. The fourth-order valence-electron chi connectivity index (χ4n) is 2.14. The summed E-state index contributed by atoms with van der Waals surface area (Å²) in [7, 11) is 0. The molecule has 1 saturated heterocycles. The molecule has 5 heteroatoms. The molecule has 106 valence electrons.